The maximum atomic E-state index is 5.67. The smallest absolute Gasteiger partial charge is 0.237 e. The summed E-state index contributed by atoms with van der Waals surface area (Å²) in [6.45, 7) is 1.19. The van der Waals surface area contributed by atoms with Gasteiger partial charge in [0, 0.05) is 18.6 Å². The summed E-state index contributed by atoms with van der Waals surface area (Å²) in [6.07, 6.45) is 5.26. The Kier molecular flexibility index (Phi) is 2.82. The summed E-state index contributed by atoms with van der Waals surface area (Å²) in [4.78, 5) is 4.02. The highest BCUT2D eigenvalue weighted by Crippen LogP contribution is 2.15. The van der Waals surface area contributed by atoms with Crippen LogP contribution in [0.1, 0.15) is 0 Å². The van der Waals surface area contributed by atoms with Crippen LogP contribution in [-0.2, 0) is 6.54 Å². The molecular weight excluding hydrogens is 192 g/mol. The van der Waals surface area contributed by atoms with Gasteiger partial charge in [0.25, 0.3) is 0 Å². The highest BCUT2D eigenvalue weighted by Gasteiger charge is 1.99. The van der Waals surface area contributed by atoms with E-state index in [1.165, 1.54) is 0 Å². The first-order chi connectivity index (χ1) is 7.36. The second-order valence-electron chi connectivity index (χ2n) is 3.02. The second-order valence-corrected chi connectivity index (χ2v) is 3.02. The van der Waals surface area contributed by atoms with Crippen LogP contribution >= 0.6 is 0 Å². The first-order valence-corrected chi connectivity index (χ1v) is 4.67. The number of anilines is 1. The van der Waals surface area contributed by atoms with Gasteiger partial charge in [0.1, 0.15) is 6.61 Å². The minimum absolute atomic E-state index is 0.477. The van der Waals surface area contributed by atoms with Crippen molar-refractivity contribution in [3.05, 3.63) is 36.8 Å². The van der Waals surface area contributed by atoms with E-state index in [-0.39, 0.29) is 0 Å². The molecule has 15 heavy (non-hydrogen) atoms. The van der Waals surface area contributed by atoms with Gasteiger partial charge in [-0.15, -0.1) is 0 Å². The lowest BCUT2D eigenvalue weighted by molar-refractivity contribution is 0.282. The van der Waals surface area contributed by atoms with Gasteiger partial charge in [-0.25, -0.2) is 4.98 Å². The molecule has 2 N–H and O–H groups in total. The van der Waals surface area contributed by atoms with E-state index in [9.17, 15) is 0 Å². The Morgan fingerprint density at radius 2 is 2.27 bits per heavy atom. The number of nitrogens with zero attached hydrogens (tertiary/aromatic N) is 3. The lowest BCUT2D eigenvalue weighted by atomic mass is 10.4. The van der Waals surface area contributed by atoms with E-state index in [4.69, 9.17) is 10.5 Å². The zero-order chi connectivity index (χ0) is 10.5. The van der Waals surface area contributed by atoms with E-state index in [1.54, 1.807) is 29.2 Å². The molecule has 2 aromatic rings. The van der Waals surface area contributed by atoms with Crippen molar-refractivity contribution in [1.29, 1.82) is 0 Å². The van der Waals surface area contributed by atoms with E-state index >= 15 is 0 Å². The molecule has 2 rings (SSSR count). The van der Waals surface area contributed by atoms with Gasteiger partial charge in [-0.1, -0.05) is 0 Å². The molecule has 0 amide bonds. The summed E-state index contributed by atoms with van der Waals surface area (Å²) >= 11 is 0. The summed E-state index contributed by atoms with van der Waals surface area (Å²) < 4.78 is 7.20. The van der Waals surface area contributed by atoms with Crippen LogP contribution in [0, 0.1) is 0 Å². The number of pyridine rings is 1. The Labute approximate surface area is 87.5 Å². The molecule has 0 spiro atoms. The topological polar surface area (TPSA) is 66.0 Å². The fourth-order valence-electron chi connectivity index (χ4n) is 1.19. The molecule has 0 aliphatic rings. The van der Waals surface area contributed by atoms with E-state index in [1.807, 2.05) is 12.3 Å². The number of nitrogens with two attached hydrogens (primary N) is 1. The van der Waals surface area contributed by atoms with Gasteiger partial charge < -0.3 is 10.5 Å². The summed E-state index contributed by atoms with van der Waals surface area (Å²) in [6, 6.07) is 5.40. The molecule has 0 aromatic carbocycles. The summed E-state index contributed by atoms with van der Waals surface area (Å²) in [5.74, 6) is 0.477. The zero-order valence-corrected chi connectivity index (χ0v) is 8.21. The predicted molar refractivity (Wildman–Crippen MR) is 56.4 cm³/mol. The lowest BCUT2D eigenvalue weighted by Crippen LogP contribution is -2.10. The first kappa shape index (κ1) is 9.51. The van der Waals surface area contributed by atoms with Gasteiger partial charge in [0.05, 0.1) is 12.2 Å². The molecule has 0 fully saturated rings. The number of hydrogen-bond donors (Lipinski definition) is 1. The fraction of sp³-hybridized carbons (Fsp3) is 0.200. The third-order valence-electron chi connectivity index (χ3n) is 1.92. The van der Waals surface area contributed by atoms with Crippen LogP contribution in [-0.4, -0.2) is 21.4 Å². The number of aromatic nitrogens is 3. The molecule has 0 atom stereocenters. The van der Waals surface area contributed by atoms with Crippen molar-refractivity contribution < 1.29 is 4.74 Å². The van der Waals surface area contributed by atoms with Gasteiger partial charge in [-0.2, -0.15) is 5.10 Å². The second kappa shape index (κ2) is 4.45. The van der Waals surface area contributed by atoms with Gasteiger partial charge in [-0.05, 0) is 18.2 Å². The van der Waals surface area contributed by atoms with Crippen molar-refractivity contribution in [3.63, 3.8) is 0 Å². The molecule has 5 nitrogen and oxygen atoms in total. The molecule has 0 saturated heterocycles. The Bertz CT molecular complexity index is 413. The maximum Gasteiger partial charge on any atom is 0.237 e. The highest BCUT2D eigenvalue weighted by molar-refractivity contribution is 5.46. The quantitative estimate of drug-likeness (QED) is 0.804. The monoisotopic (exact) mass is 204 g/mol. The zero-order valence-electron chi connectivity index (χ0n) is 8.21. The molecule has 5 heteroatoms. The van der Waals surface area contributed by atoms with Crippen LogP contribution in [0.25, 0.3) is 0 Å². The van der Waals surface area contributed by atoms with E-state index < -0.39 is 0 Å². The highest BCUT2D eigenvalue weighted by atomic mass is 16.5. The average Bonchev–Trinajstić information content (AvgIpc) is 2.74. The van der Waals surface area contributed by atoms with Gasteiger partial charge in [0.2, 0.25) is 5.88 Å². The number of rotatable bonds is 4. The molecule has 0 unspecified atom stereocenters. The van der Waals surface area contributed by atoms with Crippen LogP contribution in [0.5, 0.6) is 5.88 Å². The summed E-state index contributed by atoms with van der Waals surface area (Å²) in [5, 5.41) is 4.05. The van der Waals surface area contributed by atoms with Crippen molar-refractivity contribution >= 4 is 5.69 Å². The molecule has 0 aliphatic heterocycles. The minimum Gasteiger partial charge on any atom is -0.474 e. The number of nitrogen functional groups attached to an aromatic ring is 1. The standard InChI is InChI=1S/C10H12N4O/c11-9-3-1-4-12-10(9)15-8-7-14-6-2-5-13-14/h1-6H,7-8,11H2. The first-order valence-electron chi connectivity index (χ1n) is 4.67. The third-order valence-corrected chi connectivity index (χ3v) is 1.92. The lowest BCUT2D eigenvalue weighted by Gasteiger charge is -2.06. The maximum absolute atomic E-state index is 5.67. The molecule has 0 bridgehead atoms. The van der Waals surface area contributed by atoms with Crippen molar-refractivity contribution in [2.24, 2.45) is 0 Å². The van der Waals surface area contributed by atoms with Gasteiger partial charge in [0.15, 0.2) is 0 Å². The van der Waals surface area contributed by atoms with Crippen molar-refractivity contribution in [1.82, 2.24) is 14.8 Å². The van der Waals surface area contributed by atoms with E-state index in [0.29, 0.717) is 24.7 Å². The molecule has 0 radical (unpaired) electrons. The summed E-state index contributed by atoms with van der Waals surface area (Å²) in [7, 11) is 0. The molecular formula is C10H12N4O. The number of ether oxygens (including phenoxy) is 1. The van der Waals surface area contributed by atoms with Crippen LogP contribution in [0.3, 0.4) is 0 Å². The van der Waals surface area contributed by atoms with Crippen LogP contribution in [0.4, 0.5) is 5.69 Å². The van der Waals surface area contributed by atoms with Crippen molar-refractivity contribution in [2.75, 3.05) is 12.3 Å². The fourth-order valence-corrected chi connectivity index (χ4v) is 1.19. The number of hydrogen-bond acceptors (Lipinski definition) is 4. The van der Waals surface area contributed by atoms with E-state index in [2.05, 4.69) is 10.1 Å². The van der Waals surface area contributed by atoms with Gasteiger partial charge in [-0.3, -0.25) is 4.68 Å². The van der Waals surface area contributed by atoms with Gasteiger partial charge >= 0.3 is 0 Å². The molecule has 0 aliphatic carbocycles. The Morgan fingerprint density at radius 1 is 1.33 bits per heavy atom. The predicted octanol–water partition coefficient (Wildman–Crippen LogP) is 0.939. The molecule has 0 saturated carbocycles. The summed E-state index contributed by atoms with van der Waals surface area (Å²) in [5.41, 5.74) is 6.22. The minimum atomic E-state index is 0.477. The normalized spacial score (nSPS) is 10.1. The Balaban J connectivity index is 1.86. The van der Waals surface area contributed by atoms with Crippen molar-refractivity contribution in [3.8, 4) is 5.88 Å². The Hall–Kier alpha value is -2.04. The van der Waals surface area contributed by atoms with E-state index in [0.717, 1.165) is 0 Å². The SMILES string of the molecule is Nc1cccnc1OCCn1cccn1. The van der Waals surface area contributed by atoms with Crippen LogP contribution < -0.4 is 10.5 Å². The Morgan fingerprint density at radius 3 is 3.00 bits per heavy atom. The average molecular weight is 204 g/mol. The third kappa shape index (κ3) is 2.46. The van der Waals surface area contributed by atoms with Crippen LogP contribution in [0.15, 0.2) is 36.8 Å². The molecule has 2 heterocycles. The molecule has 78 valence electrons. The van der Waals surface area contributed by atoms with Crippen molar-refractivity contribution in [2.45, 2.75) is 6.54 Å². The largest absolute Gasteiger partial charge is 0.474 e. The van der Waals surface area contributed by atoms with Crippen LogP contribution in [0.2, 0.25) is 0 Å². The molecule has 2 aromatic heterocycles.